The predicted molar refractivity (Wildman–Crippen MR) is 110 cm³/mol. The van der Waals surface area contributed by atoms with Crippen molar-refractivity contribution in [3.63, 3.8) is 0 Å². The van der Waals surface area contributed by atoms with Crippen molar-refractivity contribution in [2.24, 2.45) is 0 Å². The second kappa shape index (κ2) is 8.00. The van der Waals surface area contributed by atoms with Crippen LogP contribution in [-0.2, 0) is 21.4 Å². The van der Waals surface area contributed by atoms with Crippen LogP contribution in [0.4, 0.5) is 5.69 Å². The maximum absolute atomic E-state index is 12.9. The molecule has 0 atom stereocenters. The first-order valence-corrected chi connectivity index (χ1v) is 11.2. The summed E-state index contributed by atoms with van der Waals surface area (Å²) in [4.78, 5) is 16.4. The predicted octanol–water partition coefficient (Wildman–Crippen LogP) is 2.94. The second-order valence-electron chi connectivity index (χ2n) is 7.03. The number of nitrogens with one attached hydrogen (secondary N) is 2. The summed E-state index contributed by atoms with van der Waals surface area (Å²) in [6.45, 7) is 0.0338. The van der Waals surface area contributed by atoms with Gasteiger partial charge in [-0.2, -0.15) is 5.10 Å². The number of aromatic nitrogens is 3. The van der Waals surface area contributed by atoms with E-state index in [0.717, 1.165) is 25.7 Å². The number of rotatable bonds is 6. The number of halogens is 1. The molecule has 1 aromatic carbocycles. The van der Waals surface area contributed by atoms with Gasteiger partial charge in [-0.25, -0.2) is 8.42 Å². The molecule has 3 aromatic rings. The van der Waals surface area contributed by atoms with E-state index in [4.69, 9.17) is 11.6 Å². The number of fused-ring (bicyclic) bond motifs is 1. The molecule has 0 spiro atoms. The summed E-state index contributed by atoms with van der Waals surface area (Å²) in [7, 11) is -3.89. The van der Waals surface area contributed by atoms with E-state index in [0.29, 0.717) is 15.9 Å². The Morgan fingerprint density at radius 2 is 2.03 bits per heavy atom. The Bertz CT molecular complexity index is 1160. The van der Waals surface area contributed by atoms with E-state index in [2.05, 4.69) is 20.1 Å². The average Bonchev–Trinajstić information content (AvgIpc) is 3.34. The van der Waals surface area contributed by atoms with Crippen molar-refractivity contribution in [3.8, 4) is 0 Å². The summed E-state index contributed by atoms with van der Waals surface area (Å²) in [6.07, 6.45) is 8.68. The summed E-state index contributed by atoms with van der Waals surface area (Å²) in [5.74, 6) is -0.135. The fraction of sp³-hybridized carbons (Fsp3) is 0.316. The number of sulfonamides is 1. The number of pyridine rings is 1. The van der Waals surface area contributed by atoms with Gasteiger partial charge in [0.1, 0.15) is 6.54 Å². The molecule has 0 saturated heterocycles. The van der Waals surface area contributed by atoms with Gasteiger partial charge >= 0.3 is 0 Å². The number of hydrogen-bond donors (Lipinski definition) is 2. The third kappa shape index (κ3) is 4.35. The standard InChI is InChI=1S/C19H20ClN5O3S/c20-16-7-8-17(15-6-3-9-21-19(15)16)29(27,28)24-14-10-22-25(11-14)12-18(26)23-13-4-1-2-5-13/h3,6-11,13,24H,1-2,4-5,12H2,(H,23,26). The Hall–Kier alpha value is -2.65. The summed E-state index contributed by atoms with van der Waals surface area (Å²) in [5.41, 5.74) is 0.682. The number of carbonyl (C=O) groups excluding carboxylic acids is 1. The molecule has 29 heavy (non-hydrogen) atoms. The van der Waals surface area contributed by atoms with Crippen molar-refractivity contribution >= 4 is 44.1 Å². The average molecular weight is 434 g/mol. The van der Waals surface area contributed by atoms with E-state index in [1.807, 2.05) is 0 Å². The van der Waals surface area contributed by atoms with Gasteiger partial charge in [0.15, 0.2) is 0 Å². The summed E-state index contributed by atoms with van der Waals surface area (Å²) in [6, 6.07) is 6.47. The molecule has 1 saturated carbocycles. The fourth-order valence-electron chi connectivity index (χ4n) is 3.55. The van der Waals surface area contributed by atoms with Crippen LogP contribution < -0.4 is 10.0 Å². The van der Waals surface area contributed by atoms with Gasteiger partial charge in [0.2, 0.25) is 5.91 Å². The van der Waals surface area contributed by atoms with Gasteiger partial charge < -0.3 is 5.32 Å². The molecule has 4 rings (SSSR count). The van der Waals surface area contributed by atoms with Crippen LogP contribution in [0.5, 0.6) is 0 Å². The first-order valence-electron chi connectivity index (χ1n) is 9.30. The van der Waals surface area contributed by atoms with E-state index >= 15 is 0 Å². The van der Waals surface area contributed by atoms with Gasteiger partial charge in [-0.1, -0.05) is 24.4 Å². The van der Waals surface area contributed by atoms with Crippen LogP contribution in [0.1, 0.15) is 25.7 Å². The van der Waals surface area contributed by atoms with Gasteiger partial charge in [0, 0.05) is 23.8 Å². The van der Waals surface area contributed by atoms with Gasteiger partial charge in [-0.3, -0.25) is 19.2 Å². The molecular formula is C19H20ClN5O3S. The Morgan fingerprint density at radius 1 is 1.24 bits per heavy atom. The zero-order chi connectivity index (χ0) is 20.4. The fourth-order valence-corrected chi connectivity index (χ4v) is 4.99. The maximum Gasteiger partial charge on any atom is 0.262 e. The Labute approximate surface area is 173 Å². The number of carbonyl (C=O) groups is 1. The van der Waals surface area contributed by atoms with Crippen molar-refractivity contribution in [3.05, 3.63) is 47.9 Å². The molecule has 1 amide bonds. The van der Waals surface area contributed by atoms with Crippen molar-refractivity contribution in [1.82, 2.24) is 20.1 Å². The highest BCUT2D eigenvalue weighted by molar-refractivity contribution is 7.93. The molecule has 1 aliphatic rings. The SMILES string of the molecule is O=C(Cn1cc(NS(=O)(=O)c2ccc(Cl)c3ncccc23)cn1)NC1CCCC1. The summed E-state index contributed by atoms with van der Waals surface area (Å²) < 4.78 is 29.7. The number of nitrogens with zero attached hydrogens (tertiary/aromatic N) is 3. The van der Waals surface area contributed by atoms with Gasteiger partial charge in [0.05, 0.1) is 27.3 Å². The largest absolute Gasteiger partial charge is 0.352 e. The maximum atomic E-state index is 12.9. The zero-order valence-corrected chi connectivity index (χ0v) is 17.1. The van der Waals surface area contributed by atoms with E-state index < -0.39 is 10.0 Å². The third-order valence-corrected chi connectivity index (χ3v) is 6.63. The first kappa shape index (κ1) is 19.7. The smallest absolute Gasteiger partial charge is 0.262 e. The summed E-state index contributed by atoms with van der Waals surface area (Å²) >= 11 is 6.12. The molecule has 10 heteroatoms. The molecule has 1 fully saturated rings. The van der Waals surface area contributed by atoms with Crippen LogP contribution >= 0.6 is 11.6 Å². The lowest BCUT2D eigenvalue weighted by atomic mass is 10.2. The van der Waals surface area contributed by atoms with Crippen LogP contribution in [0.3, 0.4) is 0 Å². The number of benzene rings is 1. The molecule has 2 aromatic heterocycles. The van der Waals surface area contributed by atoms with E-state index in [-0.39, 0.29) is 29.1 Å². The minimum Gasteiger partial charge on any atom is -0.352 e. The molecule has 1 aliphatic carbocycles. The van der Waals surface area contributed by atoms with E-state index in [1.165, 1.54) is 29.2 Å². The molecule has 0 aliphatic heterocycles. The van der Waals surface area contributed by atoms with Crippen LogP contribution in [0.25, 0.3) is 10.9 Å². The van der Waals surface area contributed by atoms with Crippen LogP contribution in [0.2, 0.25) is 5.02 Å². The van der Waals surface area contributed by atoms with Crippen LogP contribution in [0, 0.1) is 0 Å². The molecule has 0 unspecified atom stereocenters. The minimum atomic E-state index is -3.89. The first-order chi connectivity index (χ1) is 13.9. The van der Waals surface area contributed by atoms with Crippen LogP contribution in [-0.4, -0.2) is 35.1 Å². The Balaban J connectivity index is 1.49. The number of anilines is 1. The van der Waals surface area contributed by atoms with Gasteiger partial charge in [-0.15, -0.1) is 0 Å². The molecule has 8 nitrogen and oxygen atoms in total. The normalized spacial score (nSPS) is 14.9. The Kier molecular flexibility index (Phi) is 5.42. The van der Waals surface area contributed by atoms with Crippen LogP contribution in [0.15, 0.2) is 47.8 Å². The highest BCUT2D eigenvalue weighted by Crippen LogP contribution is 2.28. The monoisotopic (exact) mass is 433 g/mol. The molecule has 0 bridgehead atoms. The van der Waals surface area contributed by atoms with E-state index in [9.17, 15) is 13.2 Å². The highest BCUT2D eigenvalue weighted by Gasteiger charge is 2.21. The molecule has 152 valence electrons. The minimum absolute atomic E-state index is 0.0338. The second-order valence-corrected chi connectivity index (χ2v) is 9.08. The van der Waals surface area contributed by atoms with Gasteiger partial charge in [-0.05, 0) is 37.1 Å². The quantitative estimate of drug-likeness (QED) is 0.621. The van der Waals surface area contributed by atoms with Crippen molar-refractivity contribution < 1.29 is 13.2 Å². The third-order valence-electron chi connectivity index (χ3n) is 4.88. The van der Waals surface area contributed by atoms with Crippen molar-refractivity contribution in [2.45, 2.75) is 43.2 Å². The topological polar surface area (TPSA) is 106 Å². The number of amides is 1. The highest BCUT2D eigenvalue weighted by atomic mass is 35.5. The molecule has 2 heterocycles. The van der Waals surface area contributed by atoms with E-state index in [1.54, 1.807) is 18.3 Å². The molecule has 2 N–H and O–H groups in total. The lowest BCUT2D eigenvalue weighted by Crippen LogP contribution is -2.35. The number of hydrogen-bond acceptors (Lipinski definition) is 5. The Morgan fingerprint density at radius 3 is 2.83 bits per heavy atom. The molecular weight excluding hydrogens is 414 g/mol. The lowest BCUT2D eigenvalue weighted by molar-refractivity contribution is -0.122. The lowest BCUT2D eigenvalue weighted by Gasteiger charge is -2.11. The van der Waals surface area contributed by atoms with Crippen molar-refractivity contribution in [2.75, 3.05) is 4.72 Å². The van der Waals surface area contributed by atoms with Gasteiger partial charge in [0.25, 0.3) is 10.0 Å². The zero-order valence-electron chi connectivity index (χ0n) is 15.5. The molecule has 0 radical (unpaired) electrons. The summed E-state index contributed by atoms with van der Waals surface area (Å²) in [5, 5.41) is 7.86. The van der Waals surface area contributed by atoms with Crippen molar-refractivity contribution in [1.29, 1.82) is 0 Å².